The van der Waals surface area contributed by atoms with Gasteiger partial charge in [-0.3, -0.25) is 0 Å². The molecule has 0 amide bonds. The lowest BCUT2D eigenvalue weighted by Gasteiger charge is -2.15. The molecule has 2 aromatic rings. The van der Waals surface area contributed by atoms with Gasteiger partial charge in [-0.2, -0.15) is 0 Å². The number of rotatable bonds is 4. The molecule has 0 bridgehead atoms. The molecule has 0 heterocycles. The van der Waals surface area contributed by atoms with Crippen LogP contribution in [0, 0.1) is 0 Å². The van der Waals surface area contributed by atoms with Crippen molar-refractivity contribution in [1.29, 1.82) is 0 Å². The Morgan fingerprint density at radius 2 is 1.85 bits per heavy atom. The summed E-state index contributed by atoms with van der Waals surface area (Å²) >= 11 is 5.88. The molecule has 0 aliphatic rings. The molecule has 0 aromatic heterocycles. The molecule has 0 aliphatic carbocycles. The number of para-hydroxylation sites is 1. The van der Waals surface area contributed by atoms with Crippen LogP contribution in [0.15, 0.2) is 42.5 Å². The molecule has 0 saturated carbocycles. The minimum atomic E-state index is -1.01. The molecule has 0 radical (unpaired) electrons. The average molecular weight is 291 g/mol. The molecule has 0 atom stereocenters. The second-order valence-corrected chi connectivity index (χ2v) is 5.09. The van der Waals surface area contributed by atoms with Gasteiger partial charge in [0.1, 0.15) is 5.75 Å². The fourth-order valence-electron chi connectivity index (χ4n) is 1.97. The third-order valence-electron chi connectivity index (χ3n) is 2.75. The van der Waals surface area contributed by atoms with E-state index < -0.39 is 5.97 Å². The molecule has 20 heavy (non-hydrogen) atoms. The van der Waals surface area contributed by atoms with Gasteiger partial charge in [-0.05, 0) is 37.6 Å². The number of carboxylic acids is 1. The van der Waals surface area contributed by atoms with Gasteiger partial charge in [0.2, 0.25) is 0 Å². The number of hydrogen-bond acceptors (Lipinski definition) is 2. The first-order valence-corrected chi connectivity index (χ1v) is 6.65. The maximum absolute atomic E-state index is 11.4. The molecule has 3 nitrogen and oxygen atoms in total. The van der Waals surface area contributed by atoms with Crippen LogP contribution in [-0.4, -0.2) is 17.2 Å². The standard InChI is InChI=1S/C16H15ClO3/c1-10(2)20-15-6-4-3-5-13(15)12-8-7-11(17)9-14(12)16(18)19/h3-10H,1-2H3,(H,18,19). The van der Waals surface area contributed by atoms with Crippen LogP contribution < -0.4 is 4.74 Å². The topological polar surface area (TPSA) is 46.5 Å². The van der Waals surface area contributed by atoms with Crippen LogP contribution >= 0.6 is 11.6 Å². The number of carboxylic acid groups (broad SMARTS) is 1. The zero-order valence-electron chi connectivity index (χ0n) is 11.3. The van der Waals surface area contributed by atoms with E-state index in [9.17, 15) is 9.90 Å². The number of benzene rings is 2. The van der Waals surface area contributed by atoms with Crippen molar-refractivity contribution in [2.75, 3.05) is 0 Å². The van der Waals surface area contributed by atoms with Gasteiger partial charge in [-0.15, -0.1) is 0 Å². The molecule has 2 rings (SSSR count). The van der Waals surface area contributed by atoms with Crippen LogP contribution in [0.3, 0.4) is 0 Å². The molecule has 4 heteroatoms. The monoisotopic (exact) mass is 290 g/mol. The second kappa shape index (κ2) is 5.97. The lowest BCUT2D eigenvalue weighted by atomic mass is 9.99. The summed E-state index contributed by atoms with van der Waals surface area (Å²) in [5.74, 6) is -0.353. The number of halogens is 1. The van der Waals surface area contributed by atoms with Crippen molar-refractivity contribution >= 4 is 17.6 Å². The molecule has 104 valence electrons. The molecule has 0 unspecified atom stereocenters. The van der Waals surface area contributed by atoms with Gasteiger partial charge < -0.3 is 9.84 Å². The van der Waals surface area contributed by atoms with E-state index in [0.717, 1.165) is 5.56 Å². The van der Waals surface area contributed by atoms with E-state index in [2.05, 4.69) is 0 Å². The summed E-state index contributed by atoms with van der Waals surface area (Å²) in [6.45, 7) is 3.85. The fraction of sp³-hybridized carbons (Fsp3) is 0.188. The molecular weight excluding hydrogens is 276 g/mol. The summed E-state index contributed by atoms with van der Waals surface area (Å²) in [5, 5.41) is 9.72. The van der Waals surface area contributed by atoms with Gasteiger partial charge in [0.15, 0.2) is 0 Å². The van der Waals surface area contributed by atoms with Gasteiger partial charge >= 0.3 is 5.97 Å². The highest BCUT2D eigenvalue weighted by Gasteiger charge is 2.16. The van der Waals surface area contributed by atoms with Crippen LogP contribution in [0.2, 0.25) is 5.02 Å². The third-order valence-corrected chi connectivity index (χ3v) is 2.99. The zero-order valence-corrected chi connectivity index (χ0v) is 12.0. The number of aromatic carboxylic acids is 1. The lowest BCUT2D eigenvalue weighted by Crippen LogP contribution is -2.07. The summed E-state index contributed by atoms with van der Waals surface area (Å²) in [7, 11) is 0. The molecule has 0 fully saturated rings. The van der Waals surface area contributed by atoms with Gasteiger partial charge in [-0.1, -0.05) is 35.9 Å². The van der Waals surface area contributed by atoms with Gasteiger partial charge in [-0.25, -0.2) is 4.79 Å². The Bertz CT molecular complexity index is 635. The van der Waals surface area contributed by atoms with Crippen LogP contribution in [0.1, 0.15) is 24.2 Å². The molecular formula is C16H15ClO3. The Kier molecular flexibility index (Phi) is 4.30. The number of carbonyl (C=O) groups is 1. The molecule has 0 aliphatic heterocycles. The highest BCUT2D eigenvalue weighted by Crippen LogP contribution is 2.34. The Hall–Kier alpha value is -2.00. The van der Waals surface area contributed by atoms with Crippen molar-refractivity contribution in [3.05, 3.63) is 53.1 Å². The Morgan fingerprint density at radius 3 is 2.50 bits per heavy atom. The van der Waals surface area contributed by atoms with Crippen molar-refractivity contribution in [1.82, 2.24) is 0 Å². The Labute approximate surface area is 122 Å². The number of ether oxygens (including phenoxy) is 1. The van der Waals surface area contributed by atoms with E-state index in [0.29, 0.717) is 16.3 Å². The summed E-state index contributed by atoms with van der Waals surface area (Å²) in [6.07, 6.45) is 0.0109. The first-order valence-electron chi connectivity index (χ1n) is 6.28. The van der Waals surface area contributed by atoms with Crippen LogP contribution in [-0.2, 0) is 0 Å². The first kappa shape index (κ1) is 14.4. The van der Waals surface area contributed by atoms with Crippen LogP contribution in [0.25, 0.3) is 11.1 Å². The summed E-state index contributed by atoms with van der Waals surface area (Å²) < 4.78 is 5.74. The van der Waals surface area contributed by atoms with Crippen molar-refractivity contribution in [2.24, 2.45) is 0 Å². The van der Waals surface area contributed by atoms with E-state index in [1.165, 1.54) is 6.07 Å². The predicted molar refractivity (Wildman–Crippen MR) is 79.6 cm³/mol. The number of hydrogen-bond donors (Lipinski definition) is 1. The average Bonchev–Trinajstić information content (AvgIpc) is 2.39. The minimum absolute atomic E-state index is 0.0109. The second-order valence-electron chi connectivity index (χ2n) is 4.66. The zero-order chi connectivity index (χ0) is 14.7. The summed E-state index contributed by atoms with van der Waals surface area (Å²) in [4.78, 5) is 11.4. The highest BCUT2D eigenvalue weighted by atomic mass is 35.5. The van der Waals surface area contributed by atoms with E-state index in [1.54, 1.807) is 12.1 Å². The highest BCUT2D eigenvalue weighted by molar-refractivity contribution is 6.31. The molecule has 0 saturated heterocycles. The first-order chi connectivity index (χ1) is 9.49. The smallest absolute Gasteiger partial charge is 0.336 e. The quantitative estimate of drug-likeness (QED) is 0.902. The maximum atomic E-state index is 11.4. The molecule has 0 spiro atoms. The molecule has 2 aromatic carbocycles. The minimum Gasteiger partial charge on any atom is -0.490 e. The van der Waals surface area contributed by atoms with E-state index >= 15 is 0 Å². The summed E-state index contributed by atoms with van der Waals surface area (Å²) in [6, 6.07) is 12.2. The Balaban J connectivity index is 2.59. The van der Waals surface area contributed by atoms with Gasteiger partial charge in [0.05, 0.1) is 11.7 Å². The normalized spacial score (nSPS) is 10.6. The SMILES string of the molecule is CC(C)Oc1ccccc1-c1ccc(Cl)cc1C(=O)O. The van der Waals surface area contributed by atoms with Crippen LogP contribution in [0.4, 0.5) is 0 Å². The molecule has 1 N–H and O–H groups in total. The van der Waals surface area contributed by atoms with E-state index in [4.69, 9.17) is 16.3 Å². The third kappa shape index (κ3) is 3.11. The van der Waals surface area contributed by atoms with Crippen molar-refractivity contribution in [3.63, 3.8) is 0 Å². The Morgan fingerprint density at radius 1 is 1.15 bits per heavy atom. The van der Waals surface area contributed by atoms with Gasteiger partial charge in [0, 0.05) is 10.6 Å². The largest absolute Gasteiger partial charge is 0.490 e. The predicted octanol–water partition coefficient (Wildman–Crippen LogP) is 4.49. The fourth-order valence-corrected chi connectivity index (χ4v) is 2.15. The summed E-state index contributed by atoms with van der Waals surface area (Å²) in [5.41, 5.74) is 1.51. The van der Waals surface area contributed by atoms with Crippen molar-refractivity contribution in [3.8, 4) is 16.9 Å². The van der Waals surface area contributed by atoms with Gasteiger partial charge in [0.25, 0.3) is 0 Å². The van der Waals surface area contributed by atoms with Crippen LogP contribution in [0.5, 0.6) is 5.75 Å². The van der Waals surface area contributed by atoms with Crippen molar-refractivity contribution in [2.45, 2.75) is 20.0 Å². The van der Waals surface area contributed by atoms with E-state index in [-0.39, 0.29) is 11.7 Å². The lowest BCUT2D eigenvalue weighted by molar-refractivity contribution is 0.0697. The van der Waals surface area contributed by atoms with Crippen molar-refractivity contribution < 1.29 is 14.6 Å². The maximum Gasteiger partial charge on any atom is 0.336 e. The van der Waals surface area contributed by atoms with E-state index in [1.807, 2.05) is 38.1 Å².